The predicted octanol–water partition coefficient (Wildman–Crippen LogP) is 4.63. The van der Waals surface area contributed by atoms with Crippen LogP contribution in [0.25, 0.3) is 10.9 Å². The zero-order chi connectivity index (χ0) is 18.0. The van der Waals surface area contributed by atoms with Gasteiger partial charge in [-0.25, -0.2) is 4.39 Å². The van der Waals surface area contributed by atoms with Crippen LogP contribution in [0.4, 0.5) is 4.39 Å². The average Bonchev–Trinajstić information content (AvgIpc) is 3.03. The summed E-state index contributed by atoms with van der Waals surface area (Å²) in [6, 6.07) is 14.6. The quantitative estimate of drug-likeness (QED) is 0.723. The number of carbonyl (C=O) groups is 1. The van der Waals surface area contributed by atoms with Crippen LogP contribution in [-0.2, 0) is 16.8 Å². The normalized spacial score (nSPS) is 11.7. The summed E-state index contributed by atoms with van der Waals surface area (Å²) in [5, 5.41) is 0.885. The number of nitrogens with one attached hydrogen (secondary N) is 1. The van der Waals surface area contributed by atoms with E-state index in [1.807, 2.05) is 62.2 Å². The van der Waals surface area contributed by atoms with Crippen LogP contribution in [0.2, 0.25) is 0 Å². The molecule has 1 N–H and O–H groups in total. The molecular weight excluding hydrogens is 315 g/mol. The lowest BCUT2D eigenvalue weighted by atomic mass is 9.82. The largest absolute Gasteiger partial charge is 0.361 e. The summed E-state index contributed by atoms with van der Waals surface area (Å²) in [6.45, 7) is 7.05. The minimum absolute atomic E-state index is 0.0593. The van der Waals surface area contributed by atoms with Gasteiger partial charge in [0.15, 0.2) is 0 Å². The van der Waals surface area contributed by atoms with Gasteiger partial charge >= 0.3 is 0 Å². The number of benzene rings is 2. The molecule has 1 amide bonds. The summed E-state index contributed by atoms with van der Waals surface area (Å²) < 4.78 is 13.4. The fourth-order valence-electron chi connectivity index (χ4n) is 3.26. The van der Waals surface area contributed by atoms with E-state index in [-0.39, 0.29) is 11.7 Å². The highest BCUT2D eigenvalue weighted by molar-refractivity contribution is 5.94. The molecular formula is C21H23FN2O. The van der Waals surface area contributed by atoms with E-state index in [2.05, 4.69) is 4.98 Å². The number of fused-ring (bicyclic) bond motifs is 1. The molecule has 0 spiro atoms. The lowest BCUT2D eigenvalue weighted by Gasteiger charge is -2.31. The van der Waals surface area contributed by atoms with Gasteiger partial charge in [0.25, 0.3) is 0 Å². The van der Waals surface area contributed by atoms with E-state index in [0.29, 0.717) is 18.6 Å². The standard InChI is InChI=1S/C21H23FN2O/c1-4-24(14-15-8-6-5-7-9-15)20(25)21(2,3)18-13-23-19-12-16(22)10-11-17(18)19/h5-13,23H,4,14H2,1-3H3. The molecule has 0 saturated carbocycles. The Kier molecular flexibility index (Phi) is 4.62. The fourth-order valence-corrected chi connectivity index (χ4v) is 3.26. The van der Waals surface area contributed by atoms with Gasteiger partial charge in [-0.2, -0.15) is 0 Å². The van der Waals surface area contributed by atoms with Crippen molar-refractivity contribution < 1.29 is 9.18 Å². The molecule has 0 radical (unpaired) electrons. The van der Waals surface area contributed by atoms with E-state index in [1.165, 1.54) is 12.1 Å². The van der Waals surface area contributed by atoms with Gasteiger partial charge < -0.3 is 9.88 Å². The molecule has 130 valence electrons. The van der Waals surface area contributed by atoms with Crippen molar-refractivity contribution in [2.24, 2.45) is 0 Å². The van der Waals surface area contributed by atoms with Gasteiger partial charge in [-0.1, -0.05) is 30.3 Å². The van der Waals surface area contributed by atoms with Crippen molar-refractivity contribution >= 4 is 16.8 Å². The molecule has 0 atom stereocenters. The molecule has 0 aliphatic heterocycles. The predicted molar refractivity (Wildman–Crippen MR) is 98.8 cm³/mol. The number of nitrogens with zero attached hydrogens (tertiary/aromatic N) is 1. The Bertz CT molecular complexity index is 883. The van der Waals surface area contributed by atoms with E-state index in [4.69, 9.17) is 0 Å². The van der Waals surface area contributed by atoms with Gasteiger partial charge in [-0.3, -0.25) is 4.79 Å². The van der Waals surface area contributed by atoms with Crippen LogP contribution < -0.4 is 0 Å². The molecule has 4 heteroatoms. The Balaban J connectivity index is 1.92. The fraction of sp³-hybridized carbons (Fsp3) is 0.286. The van der Waals surface area contributed by atoms with Crippen LogP contribution in [0.3, 0.4) is 0 Å². The molecule has 0 bridgehead atoms. The summed E-state index contributed by atoms with van der Waals surface area (Å²) in [5.74, 6) is -0.228. The number of hydrogen-bond donors (Lipinski definition) is 1. The van der Waals surface area contributed by atoms with Gasteiger partial charge in [0.05, 0.1) is 5.41 Å². The molecule has 2 aromatic carbocycles. The first-order valence-electron chi connectivity index (χ1n) is 8.54. The molecule has 1 heterocycles. The third kappa shape index (κ3) is 3.29. The Labute approximate surface area is 147 Å². The SMILES string of the molecule is CCN(Cc1ccccc1)C(=O)C(C)(C)c1c[nH]c2cc(F)ccc12. The molecule has 3 rings (SSSR count). The maximum Gasteiger partial charge on any atom is 0.233 e. The monoisotopic (exact) mass is 338 g/mol. The van der Waals surface area contributed by atoms with Crippen LogP contribution in [0, 0.1) is 5.82 Å². The van der Waals surface area contributed by atoms with Crippen molar-refractivity contribution in [2.45, 2.75) is 32.7 Å². The molecule has 25 heavy (non-hydrogen) atoms. The van der Waals surface area contributed by atoms with E-state index in [0.717, 1.165) is 16.5 Å². The zero-order valence-corrected chi connectivity index (χ0v) is 14.8. The van der Waals surface area contributed by atoms with Gasteiger partial charge in [0.2, 0.25) is 5.91 Å². The first-order valence-corrected chi connectivity index (χ1v) is 8.54. The van der Waals surface area contributed by atoms with Crippen molar-refractivity contribution in [1.82, 2.24) is 9.88 Å². The van der Waals surface area contributed by atoms with Crippen LogP contribution in [-0.4, -0.2) is 22.3 Å². The number of aromatic amines is 1. The number of rotatable bonds is 5. The third-order valence-corrected chi connectivity index (χ3v) is 4.74. The van der Waals surface area contributed by atoms with Gasteiger partial charge in [-0.15, -0.1) is 0 Å². The van der Waals surface area contributed by atoms with Crippen LogP contribution >= 0.6 is 0 Å². The topological polar surface area (TPSA) is 36.1 Å². The van der Waals surface area contributed by atoms with E-state index in [1.54, 1.807) is 6.07 Å². The smallest absolute Gasteiger partial charge is 0.233 e. The van der Waals surface area contributed by atoms with Crippen molar-refractivity contribution in [3.05, 3.63) is 71.7 Å². The average molecular weight is 338 g/mol. The minimum Gasteiger partial charge on any atom is -0.361 e. The maximum absolute atomic E-state index is 13.4. The second-order valence-electron chi connectivity index (χ2n) is 6.82. The van der Waals surface area contributed by atoms with Crippen molar-refractivity contribution in [1.29, 1.82) is 0 Å². The summed E-state index contributed by atoms with van der Waals surface area (Å²) in [4.78, 5) is 18.2. The number of hydrogen-bond acceptors (Lipinski definition) is 1. The van der Waals surface area contributed by atoms with Crippen molar-refractivity contribution in [2.75, 3.05) is 6.54 Å². The number of amides is 1. The molecule has 0 saturated heterocycles. The van der Waals surface area contributed by atoms with Gasteiger partial charge in [0.1, 0.15) is 5.82 Å². The summed E-state index contributed by atoms with van der Waals surface area (Å²) >= 11 is 0. The highest BCUT2D eigenvalue weighted by Crippen LogP contribution is 2.32. The zero-order valence-electron chi connectivity index (χ0n) is 14.8. The lowest BCUT2D eigenvalue weighted by molar-refractivity contribution is -0.136. The Morgan fingerprint density at radius 1 is 1.16 bits per heavy atom. The van der Waals surface area contributed by atoms with E-state index >= 15 is 0 Å². The molecule has 0 fully saturated rings. The Hall–Kier alpha value is -2.62. The van der Waals surface area contributed by atoms with Crippen LogP contribution in [0.1, 0.15) is 31.9 Å². The number of halogens is 1. The molecule has 0 aliphatic carbocycles. The molecule has 3 aromatic rings. The Morgan fingerprint density at radius 3 is 2.56 bits per heavy atom. The number of carbonyl (C=O) groups excluding carboxylic acids is 1. The van der Waals surface area contributed by atoms with E-state index in [9.17, 15) is 9.18 Å². The molecule has 3 nitrogen and oxygen atoms in total. The molecule has 0 aliphatic rings. The highest BCUT2D eigenvalue weighted by atomic mass is 19.1. The first kappa shape index (κ1) is 17.2. The number of H-pyrrole nitrogens is 1. The van der Waals surface area contributed by atoms with Crippen molar-refractivity contribution in [3.63, 3.8) is 0 Å². The van der Waals surface area contributed by atoms with Gasteiger partial charge in [-0.05, 0) is 50.1 Å². The second-order valence-corrected chi connectivity index (χ2v) is 6.82. The van der Waals surface area contributed by atoms with Gasteiger partial charge in [0, 0.05) is 30.2 Å². The lowest BCUT2D eigenvalue weighted by Crippen LogP contribution is -2.43. The summed E-state index contributed by atoms with van der Waals surface area (Å²) in [7, 11) is 0. The van der Waals surface area contributed by atoms with Crippen LogP contribution in [0.15, 0.2) is 54.7 Å². The van der Waals surface area contributed by atoms with E-state index < -0.39 is 5.41 Å². The number of aromatic nitrogens is 1. The second kappa shape index (κ2) is 6.71. The maximum atomic E-state index is 13.4. The molecule has 0 unspecified atom stereocenters. The number of likely N-dealkylation sites (N-methyl/N-ethyl adjacent to an activating group) is 1. The van der Waals surface area contributed by atoms with Crippen molar-refractivity contribution in [3.8, 4) is 0 Å². The summed E-state index contributed by atoms with van der Waals surface area (Å²) in [5.41, 5.74) is 2.00. The molecule has 1 aromatic heterocycles. The highest BCUT2D eigenvalue weighted by Gasteiger charge is 2.35. The third-order valence-electron chi connectivity index (χ3n) is 4.74. The summed E-state index contributed by atoms with van der Waals surface area (Å²) in [6.07, 6.45) is 1.82. The minimum atomic E-state index is -0.707. The first-order chi connectivity index (χ1) is 11.9. The van der Waals surface area contributed by atoms with Crippen LogP contribution in [0.5, 0.6) is 0 Å². The Morgan fingerprint density at radius 2 is 1.88 bits per heavy atom.